The summed E-state index contributed by atoms with van der Waals surface area (Å²) in [5.41, 5.74) is 1.23. The van der Waals surface area contributed by atoms with Crippen LogP contribution in [0.2, 0.25) is 15.1 Å². The van der Waals surface area contributed by atoms with Crippen molar-refractivity contribution in [1.29, 1.82) is 0 Å². The van der Waals surface area contributed by atoms with Gasteiger partial charge in [0, 0.05) is 27.2 Å². The van der Waals surface area contributed by atoms with Gasteiger partial charge in [-0.3, -0.25) is 4.79 Å². The minimum Gasteiger partial charge on any atom is -0.489 e. The fourth-order valence-corrected chi connectivity index (χ4v) is 3.52. The van der Waals surface area contributed by atoms with Crippen molar-refractivity contribution >= 4 is 46.7 Å². The van der Waals surface area contributed by atoms with Crippen LogP contribution in [0.1, 0.15) is 21.5 Å². The summed E-state index contributed by atoms with van der Waals surface area (Å²) in [6.07, 6.45) is 1.30. The van der Waals surface area contributed by atoms with Crippen LogP contribution in [-0.2, 0) is 6.61 Å². The Morgan fingerprint density at radius 3 is 2.59 bits per heavy atom. The first-order valence-electron chi connectivity index (χ1n) is 8.51. The smallest absolute Gasteiger partial charge is 0.231 e. The zero-order valence-corrected chi connectivity index (χ0v) is 17.0. The van der Waals surface area contributed by atoms with Gasteiger partial charge in [0.05, 0.1) is 10.6 Å². The van der Waals surface area contributed by atoms with Gasteiger partial charge in [-0.05, 0) is 42.5 Å². The summed E-state index contributed by atoms with van der Waals surface area (Å²) in [5.74, 6) is -0.0844. The van der Waals surface area contributed by atoms with Crippen molar-refractivity contribution < 1.29 is 18.7 Å². The maximum absolute atomic E-state index is 14.0. The summed E-state index contributed by atoms with van der Waals surface area (Å²) in [5, 5.41) is 1.23. The molecule has 3 aromatic rings. The molecule has 29 heavy (non-hydrogen) atoms. The summed E-state index contributed by atoms with van der Waals surface area (Å²) in [7, 11) is 0. The quantitative estimate of drug-likeness (QED) is 0.403. The van der Waals surface area contributed by atoms with E-state index in [4.69, 9.17) is 44.3 Å². The first kappa shape index (κ1) is 19.8. The second kappa shape index (κ2) is 8.07. The third-order valence-electron chi connectivity index (χ3n) is 4.33. The molecule has 146 valence electrons. The number of rotatable bonds is 4. The van der Waals surface area contributed by atoms with Gasteiger partial charge in [-0.2, -0.15) is 0 Å². The summed E-state index contributed by atoms with van der Waals surface area (Å²) in [6.45, 7) is 0.219. The Bertz CT molecular complexity index is 1140. The minimum atomic E-state index is -0.541. The Balaban J connectivity index is 1.55. The Morgan fingerprint density at radius 2 is 1.83 bits per heavy atom. The Kier molecular flexibility index (Phi) is 5.50. The van der Waals surface area contributed by atoms with Crippen molar-refractivity contribution in [3.8, 4) is 11.5 Å². The van der Waals surface area contributed by atoms with E-state index in [1.807, 2.05) is 0 Å². The lowest BCUT2D eigenvalue weighted by atomic mass is 10.1. The molecule has 0 spiro atoms. The monoisotopic (exact) mass is 448 g/mol. The Labute approximate surface area is 181 Å². The van der Waals surface area contributed by atoms with E-state index in [-0.39, 0.29) is 28.7 Å². The SMILES string of the molecule is O=C1/C(=C/c2c(F)cccc2Cl)Oc2cc(OCc3ccc(Cl)cc3Cl)ccc21. The zero-order chi connectivity index (χ0) is 20.5. The van der Waals surface area contributed by atoms with Crippen LogP contribution >= 0.6 is 34.8 Å². The average Bonchev–Trinajstić information content (AvgIpc) is 2.99. The standard InChI is InChI=1S/C22H12Cl3FO3/c23-13-5-4-12(18(25)8-13)11-28-14-6-7-15-20(9-14)29-21(22(15)27)10-16-17(24)2-1-3-19(16)26/h1-10H,11H2/b21-10-. The van der Waals surface area contributed by atoms with Gasteiger partial charge in [-0.1, -0.05) is 46.9 Å². The van der Waals surface area contributed by atoms with Gasteiger partial charge < -0.3 is 9.47 Å². The van der Waals surface area contributed by atoms with E-state index in [1.165, 1.54) is 24.3 Å². The molecule has 1 heterocycles. The number of allylic oxidation sites excluding steroid dienone is 1. The van der Waals surface area contributed by atoms with Gasteiger partial charge in [0.1, 0.15) is 23.9 Å². The molecule has 0 amide bonds. The molecule has 0 saturated heterocycles. The van der Waals surface area contributed by atoms with Gasteiger partial charge in [0.2, 0.25) is 5.78 Å². The molecule has 0 aliphatic carbocycles. The number of hydrogen-bond donors (Lipinski definition) is 0. The second-order valence-electron chi connectivity index (χ2n) is 6.26. The van der Waals surface area contributed by atoms with Crippen LogP contribution in [0, 0.1) is 5.82 Å². The summed E-state index contributed by atoms with van der Waals surface area (Å²) in [4.78, 5) is 12.6. The number of fused-ring (bicyclic) bond motifs is 1. The summed E-state index contributed by atoms with van der Waals surface area (Å²) < 4.78 is 25.4. The maximum atomic E-state index is 14.0. The third kappa shape index (κ3) is 4.10. The molecule has 0 N–H and O–H groups in total. The van der Waals surface area contributed by atoms with Crippen LogP contribution < -0.4 is 9.47 Å². The number of hydrogen-bond acceptors (Lipinski definition) is 3. The fourth-order valence-electron chi connectivity index (χ4n) is 2.84. The van der Waals surface area contributed by atoms with E-state index in [0.717, 1.165) is 5.56 Å². The lowest BCUT2D eigenvalue weighted by Gasteiger charge is -2.09. The lowest BCUT2D eigenvalue weighted by molar-refractivity contribution is 0.101. The predicted molar refractivity (Wildman–Crippen MR) is 112 cm³/mol. The van der Waals surface area contributed by atoms with Gasteiger partial charge in [-0.25, -0.2) is 4.39 Å². The molecule has 4 rings (SSSR count). The van der Waals surface area contributed by atoms with E-state index in [1.54, 1.807) is 36.4 Å². The van der Waals surface area contributed by atoms with Crippen LogP contribution in [0.4, 0.5) is 4.39 Å². The molecular weight excluding hydrogens is 438 g/mol. The molecule has 1 aliphatic rings. The number of Topliss-reactive ketones (excluding diaryl/α,β-unsaturated/α-hetero) is 1. The number of ether oxygens (including phenoxy) is 2. The highest BCUT2D eigenvalue weighted by Crippen LogP contribution is 2.36. The molecule has 3 nitrogen and oxygen atoms in total. The highest BCUT2D eigenvalue weighted by atomic mass is 35.5. The topological polar surface area (TPSA) is 35.5 Å². The van der Waals surface area contributed by atoms with Crippen molar-refractivity contribution in [2.45, 2.75) is 6.61 Å². The second-order valence-corrected chi connectivity index (χ2v) is 7.51. The molecule has 0 atom stereocenters. The van der Waals surface area contributed by atoms with Crippen LogP contribution in [0.5, 0.6) is 11.5 Å². The van der Waals surface area contributed by atoms with Crippen LogP contribution in [0.3, 0.4) is 0 Å². The maximum Gasteiger partial charge on any atom is 0.231 e. The number of carbonyl (C=O) groups is 1. The van der Waals surface area contributed by atoms with Gasteiger partial charge in [0.25, 0.3) is 0 Å². The number of benzene rings is 3. The summed E-state index contributed by atoms with van der Waals surface area (Å²) in [6, 6.07) is 14.3. The van der Waals surface area contributed by atoms with Gasteiger partial charge in [0.15, 0.2) is 5.76 Å². The first-order valence-corrected chi connectivity index (χ1v) is 9.65. The van der Waals surface area contributed by atoms with Crippen LogP contribution in [0.25, 0.3) is 6.08 Å². The fraction of sp³-hybridized carbons (Fsp3) is 0.0455. The highest BCUT2D eigenvalue weighted by Gasteiger charge is 2.28. The molecule has 0 unspecified atom stereocenters. The lowest BCUT2D eigenvalue weighted by Crippen LogP contribution is -1.99. The molecule has 0 fully saturated rings. The minimum absolute atomic E-state index is 0.00936. The molecule has 0 saturated carbocycles. The zero-order valence-electron chi connectivity index (χ0n) is 14.7. The molecule has 1 aliphatic heterocycles. The number of ketones is 1. The van der Waals surface area contributed by atoms with Crippen molar-refractivity contribution in [2.75, 3.05) is 0 Å². The summed E-state index contributed by atoms with van der Waals surface area (Å²) >= 11 is 18.1. The third-order valence-corrected chi connectivity index (χ3v) is 5.24. The van der Waals surface area contributed by atoms with E-state index in [0.29, 0.717) is 27.1 Å². The Hall–Kier alpha value is -2.53. The van der Waals surface area contributed by atoms with Gasteiger partial charge >= 0.3 is 0 Å². The van der Waals surface area contributed by atoms with Crippen molar-refractivity contribution in [3.05, 3.63) is 97.9 Å². The largest absolute Gasteiger partial charge is 0.489 e. The normalized spacial score (nSPS) is 14.1. The Morgan fingerprint density at radius 1 is 1.00 bits per heavy atom. The molecule has 3 aromatic carbocycles. The molecule has 0 radical (unpaired) electrons. The average molecular weight is 450 g/mol. The molecule has 0 aromatic heterocycles. The van der Waals surface area contributed by atoms with Crippen LogP contribution in [-0.4, -0.2) is 5.78 Å². The number of carbonyl (C=O) groups excluding carboxylic acids is 1. The first-order chi connectivity index (χ1) is 13.9. The van der Waals surface area contributed by atoms with E-state index in [2.05, 4.69) is 0 Å². The molecule has 7 heteroatoms. The van der Waals surface area contributed by atoms with Crippen LogP contribution in [0.15, 0.2) is 60.4 Å². The van der Waals surface area contributed by atoms with E-state index >= 15 is 0 Å². The molecular formula is C22H12Cl3FO3. The van der Waals surface area contributed by atoms with E-state index < -0.39 is 5.82 Å². The van der Waals surface area contributed by atoms with Crippen molar-refractivity contribution in [2.24, 2.45) is 0 Å². The van der Waals surface area contributed by atoms with Crippen molar-refractivity contribution in [3.63, 3.8) is 0 Å². The number of halogens is 4. The van der Waals surface area contributed by atoms with Crippen molar-refractivity contribution in [1.82, 2.24) is 0 Å². The molecule has 0 bridgehead atoms. The van der Waals surface area contributed by atoms with E-state index in [9.17, 15) is 9.18 Å². The highest BCUT2D eigenvalue weighted by molar-refractivity contribution is 6.35. The predicted octanol–water partition coefficient (Wildman–Crippen LogP) is 6.98. The van der Waals surface area contributed by atoms with Gasteiger partial charge in [-0.15, -0.1) is 0 Å².